The van der Waals surface area contributed by atoms with Crippen molar-refractivity contribution < 1.29 is 24.2 Å². The van der Waals surface area contributed by atoms with Gasteiger partial charge < -0.3 is 15.5 Å². The molecule has 1 unspecified atom stereocenters. The molecule has 6 heteroatoms. The van der Waals surface area contributed by atoms with Crippen LogP contribution in [0.2, 0.25) is 0 Å². The molecule has 0 aliphatic heterocycles. The lowest BCUT2D eigenvalue weighted by atomic mass is 10.1. The summed E-state index contributed by atoms with van der Waals surface area (Å²) in [6, 6.07) is 2.46. The van der Waals surface area contributed by atoms with Crippen LogP contribution in [0.3, 0.4) is 0 Å². The van der Waals surface area contributed by atoms with E-state index in [1.165, 1.54) is 13.0 Å². The van der Waals surface area contributed by atoms with E-state index in [-0.39, 0.29) is 6.42 Å². The largest absolute Gasteiger partial charge is 0.505 e. The van der Waals surface area contributed by atoms with E-state index in [2.05, 4.69) is 5.32 Å². The summed E-state index contributed by atoms with van der Waals surface area (Å²) in [5.74, 6) is -3.00. The van der Waals surface area contributed by atoms with Crippen LogP contribution in [-0.2, 0) is 16.0 Å². The molecule has 0 aromatic heterocycles. The Morgan fingerprint density at radius 1 is 1.47 bits per heavy atom. The van der Waals surface area contributed by atoms with Gasteiger partial charge in [-0.1, -0.05) is 6.07 Å². The van der Waals surface area contributed by atoms with Gasteiger partial charge in [0.2, 0.25) is 5.91 Å². The lowest BCUT2D eigenvalue weighted by molar-refractivity contribution is -0.141. The van der Waals surface area contributed by atoms with Crippen LogP contribution in [-0.4, -0.2) is 28.1 Å². The predicted molar refractivity (Wildman–Crippen MR) is 57.0 cm³/mol. The van der Waals surface area contributed by atoms with Gasteiger partial charge in [0.05, 0.1) is 0 Å². The maximum Gasteiger partial charge on any atom is 0.326 e. The minimum atomic E-state index is -1.20. The van der Waals surface area contributed by atoms with Gasteiger partial charge in [-0.3, -0.25) is 4.79 Å². The summed E-state index contributed by atoms with van der Waals surface area (Å²) in [5, 5.41) is 20.1. The summed E-state index contributed by atoms with van der Waals surface area (Å²) in [5.41, 5.74) is 0.376. The molecule has 1 aromatic carbocycles. The molecule has 0 heterocycles. The smallest absolute Gasteiger partial charge is 0.326 e. The molecule has 0 aliphatic carbocycles. The molecule has 1 rings (SSSR count). The Balaban J connectivity index is 2.82. The molecule has 1 aromatic rings. The third kappa shape index (κ3) is 3.75. The first-order chi connectivity index (χ1) is 7.90. The molecule has 0 aliphatic rings. The van der Waals surface area contributed by atoms with E-state index in [0.29, 0.717) is 5.56 Å². The fourth-order valence-electron chi connectivity index (χ4n) is 1.36. The number of carbonyl (C=O) groups is 2. The molecule has 0 fully saturated rings. The Morgan fingerprint density at radius 2 is 2.12 bits per heavy atom. The maximum atomic E-state index is 13.0. The molecule has 1 atom stereocenters. The summed E-state index contributed by atoms with van der Waals surface area (Å²) >= 11 is 0. The summed E-state index contributed by atoms with van der Waals surface area (Å²) < 4.78 is 13.0. The number of nitrogens with one attached hydrogen (secondary N) is 1. The first-order valence-corrected chi connectivity index (χ1v) is 4.87. The van der Waals surface area contributed by atoms with Gasteiger partial charge in [0.15, 0.2) is 11.6 Å². The van der Waals surface area contributed by atoms with E-state index in [1.807, 2.05) is 0 Å². The summed E-state index contributed by atoms with van der Waals surface area (Å²) in [6.45, 7) is 1.20. The van der Waals surface area contributed by atoms with Gasteiger partial charge in [-0.05, 0) is 17.7 Å². The first kappa shape index (κ1) is 13.0. The highest BCUT2D eigenvalue weighted by atomic mass is 19.1. The molecule has 92 valence electrons. The second-order valence-corrected chi connectivity index (χ2v) is 3.58. The molecule has 0 saturated heterocycles. The molecule has 0 radical (unpaired) electrons. The van der Waals surface area contributed by atoms with Crippen LogP contribution in [0.25, 0.3) is 0 Å². The van der Waals surface area contributed by atoms with Crippen LogP contribution >= 0.6 is 0 Å². The van der Waals surface area contributed by atoms with Gasteiger partial charge >= 0.3 is 5.97 Å². The normalized spacial score (nSPS) is 11.9. The fourth-order valence-corrected chi connectivity index (χ4v) is 1.36. The van der Waals surface area contributed by atoms with Crippen LogP contribution in [0.4, 0.5) is 4.39 Å². The number of phenols is 1. The van der Waals surface area contributed by atoms with Crippen LogP contribution in [0.15, 0.2) is 18.2 Å². The van der Waals surface area contributed by atoms with Crippen LogP contribution in [0, 0.1) is 5.82 Å². The number of amides is 1. The second-order valence-electron chi connectivity index (χ2n) is 3.58. The molecular weight excluding hydrogens is 229 g/mol. The number of phenolic OH excluding ortho intramolecular Hbond substituents is 1. The lowest BCUT2D eigenvalue weighted by Gasteiger charge is -2.13. The third-order valence-electron chi connectivity index (χ3n) is 2.13. The van der Waals surface area contributed by atoms with E-state index in [9.17, 15) is 14.0 Å². The number of hydrogen-bond acceptors (Lipinski definition) is 3. The third-order valence-corrected chi connectivity index (χ3v) is 2.13. The predicted octanol–water partition coefficient (Wildman–Crippen LogP) is 0.663. The minimum Gasteiger partial charge on any atom is -0.505 e. The van der Waals surface area contributed by atoms with Crippen molar-refractivity contribution in [1.29, 1.82) is 0 Å². The minimum absolute atomic E-state index is 0.0495. The van der Waals surface area contributed by atoms with Crippen molar-refractivity contribution >= 4 is 11.9 Å². The SMILES string of the molecule is CC(=O)NC(Cc1ccc(O)c(F)c1)C(=O)O. The van der Waals surface area contributed by atoms with E-state index in [1.54, 1.807) is 0 Å². The molecule has 0 saturated carbocycles. The zero-order valence-electron chi connectivity index (χ0n) is 9.11. The fraction of sp³-hybridized carbons (Fsp3) is 0.273. The zero-order chi connectivity index (χ0) is 13.0. The molecule has 3 N–H and O–H groups in total. The Kier molecular flexibility index (Phi) is 4.03. The number of carboxylic acids is 1. The average Bonchev–Trinajstić information content (AvgIpc) is 2.21. The molecule has 0 spiro atoms. The van der Waals surface area contributed by atoms with Crippen LogP contribution in [0.5, 0.6) is 5.75 Å². The average molecular weight is 241 g/mol. The standard InChI is InChI=1S/C11H12FNO4/c1-6(14)13-9(11(16)17)5-7-2-3-10(15)8(12)4-7/h2-4,9,15H,5H2,1H3,(H,13,14)(H,16,17). The summed E-state index contributed by atoms with van der Waals surface area (Å²) in [4.78, 5) is 21.6. The first-order valence-electron chi connectivity index (χ1n) is 4.87. The van der Waals surface area contributed by atoms with Gasteiger partial charge in [-0.15, -0.1) is 0 Å². The van der Waals surface area contributed by atoms with Crippen molar-refractivity contribution in [3.8, 4) is 5.75 Å². The van der Waals surface area contributed by atoms with Crippen LogP contribution in [0.1, 0.15) is 12.5 Å². The van der Waals surface area contributed by atoms with Crippen molar-refractivity contribution in [2.75, 3.05) is 0 Å². The van der Waals surface area contributed by atoms with Gasteiger partial charge in [0.1, 0.15) is 6.04 Å². The number of carbonyl (C=O) groups excluding carboxylic acids is 1. The number of aromatic hydroxyl groups is 1. The van der Waals surface area contributed by atoms with E-state index >= 15 is 0 Å². The topological polar surface area (TPSA) is 86.6 Å². The maximum absolute atomic E-state index is 13.0. The number of carboxylic acid groups (broad SMARTS) is 1. The highest BCUT2D eigenvalue weighted by Gasteiger charge is 2.19. The zero-order valence-corrected chi connectivity index (χ0v) is 9.11. The summed E-state index contributed by atoms with van der Waals surface area (Å²) in [7, 11) is 0. The quantitative estimate of drug-likeness (QED) is 0.722. The molecule has 1 amide bonds. The van der Waals surface area contributed by atoms with Crippen molar-refractivity contribution in [2.45, 2.75) is 19.4 Å². The molecule has 0 bridgehead atoms. The van der Waals surface area contributed by atoms with Gasteiger partial charge in [-0.2, -0.15) is 0 Å². The molecular formula is C11H12FNO4. The van der Waals surface area contributed by atoms with Gasteiger partial charge in [-0.25, -0.2) is 9.18 Å². The van der Waals surface area contributed by atoms with Crippen molar-refractivity contribution in [2.24, 2.45) is 0 Å². The van der Waals surface area contributed by atoms with E-state index < -0.39 is 29.5 Å². The number of benzene rings is 1. The van der Waals surface area contributed by atoms with E-state index in [0.717, 1.165) is 12.1 Å². The van der Waals surface area contributed by atoms with Crippen molar-refractivity contribution in [3.05, 3.63) is 29.6 Å². The highest BCUT2D eigenvalue weighted by molar-refractivity contribution is 5.82. The van der Waals surface area contributed by atoms with Gasteiger partial charge in [0, 0.05) is 13.3 Å². The number of hydrogen-bond donors (Lipinski definition) is 3. The Bertz CT molecular complexity index is 447. The van der Waals surface area contributed by atoms with Crippen molar-refractivity contribution in [1.82, 2.24) is 5.32 Å². The Labute approximate surface area is 96.9 Å². The Hall–Kier alpha value is -2.11. The lowest BCUT2D eigenvalue weighted by Crippen LogP contribution is -2.41. The monoisotopic (exact) mass is 241 g/mol. The number of halogens is 1. The van der Waals surface area contributed by atoms with Gasteiger partial charge in [0.25, 0.3) is 0 Å². The second kappa shape index (κ2) is 5.29. The number of aliphatic carboxylic acids is 1. The highest BCUT2D eigenvalue weighted by Crippen LogP contribution is 2.17. The number of rotatable bonds is 4. The van der Waals surface area contributed by atoms with Crippen LogP contribution < -0.4 is 5.32 Å². The molecule has 17 heavy (non-hydrogen) atoms. The van der Waals surface area contributed by atoms with E-state index in [4.69, 9.17) is 10.2 Å². The Morgan fingerprint density at radius 3 is 2.59 bits per heavy atom. The molecule has 5 nitrogen and oxygen atoms in total. The summed E-state index contributed by atoms with van der Waals surface area (Å²) in [6.07, 6.45) is -0.0495. The van der Waals surface area contributed by atoms with Crippen molar-refractivity contribution in [3.63, 3.8) is 0 Å².